The molecule has 0 aliphatic carbocycles. The lowest BCUT2D eigenvalue weighted by Crippen LogP contribution is -2.30. The summed E-state index contributed by atoms with van der Waals surface area (Å²) in [6.45, 7) is 6.67. The number of hydrogen-bond acceptors (Lipinski definition) is 6. The lowest BCUT2D eigenvalue weighted by molar-refractivity contribution is -0.167. The third-order valence-electron chi connectivity index (χ3n) is 16.1. The fourth-order valence-corrected chi connectivity index (χ4v) is 10.7. The summed E-state index contributed by atoms with van der Waals surface area (Å²) in [4.78, 5) is 38.3. The second-order valence-corrected chi connectivity index (χ2v) is 24.1. The summed E-state index contributed by atoms with van der Waals surface area (Å²) in [5.74, 6) is -0.881. The minimum atomic E-state index is -0.783. The first-order valence-corrected chi connectivity index (χ1v) is 35.5. The Morgan fingerprint density at radius 3 is 0.633 bits per heavy atom. The Hall–Kier alpha value is -2.37. The normalized spacial score (nSPS) is 12.2. The monoisotopic (exact) mass is 1110 g/mol. The summed E-state index contributed by atoms with van der Waals surface area (Å²) < 4.78 is 16.9. The highest BCUT2D eigenvalue weighted by Crippen LogP contribution is 2.18. The number of carbonyl (C=O) groups excluding carboxylic acids is 3. The van der Waals surface area contributed by atoms with Gasteiger partial charge in [-0.1, -0.05) is 314 Å². The van der Waals surface area contributed by atoms with Gasteiger partial charge < -0.3 is 14.2 Å². The van der Waals surface area contributed by atoms with Crippen LogP contribution in [0.3, 0.4) is 0 Å². The van der Waals surface area contributed by atoms with Crippen LogP contribution in [0.2, 0.25) is 0 Å². The maximum Gasteiger partial charge on any atom is 0.306 e. The molecule has 0 saturated heterocycles. The van der Waals surface area contributed by atoms with Crippen LogP contribution in [0.4, 0.5) is 0 Å². The van der Waals surface area contributed by atoms with Crippen molar-refractivity contribution in [2.75, 3.05) is 13.2 Å². The van der Waals surface area contributed by atoms with E-state index >= 15 is 0 Å². The Balaban J connectivity index is 4.18. The summed E-state index contributed by atoms with van der Waals surface area (Å²) in [7, 11) is 0. The molecule has 0 aromatic rings. The fraction of sp³-hybridized carbons (Fsp3) is 0.877. The van der Waals surface area contributed by atoms with Gasteiger partial charge in [0.1, 0.15) is 13.2 Å². The van der Waals surface area contributed by atoms with Crippen molar-refractivity contribution >= 4 is 17.9 Å². The van der Waals surface area contributed by atoms with Crippen molar-refractivity contribution in [3.8, 4) is 0 Å². The molecule has 0 amide bonds. The molecule has 0 rings (SSSR count). The van der Waals surface area contributed by atoms with Gasteiger partial charge in [-0.05, 0) is 96.3 Å². The molecule has 0 aromatic carbocycles. The molecule has 0 N–H and O–H groups in total. The number of unbranched alkanes of at least 4 members (excludes halogenated alkanes) is 49. The van der Waals surface area contributed by atoms with Gasteiger partial charge in [-0.3, -0.25) is 14.4 Å². The van der Waals surface area contributed by atoms with Crippen LogP contribution in [0.5, 0.6) is 0 Å². The van der Waals surface area contributed by atoms with Gasteiger partial charge in [-0.25, -0.2) is 0 Å². The largest absolute Gasteiger partial charge is 0.462 e. The van der Waals surface area contributed by atoms with Crippen LogP contribution in [-0.2, 0) is 28.6 Å². The van der Waals surface area contributed by atoms with Crippen molar-refractivity contribution in [3.05, 3.63) is 36.5 Å². The van der Waals surface area contributed by atoms with Crippen LogP contribution >= 0.6 is 0 Å². The Labute approximate surface area is 493 Å². The van der Waals surface area contributed by atoms with Gasteiger partial charge in [0.05, 0.1) is 0 Å². The van der Waals surface area contributed by atoms with E-state index in [0.29, 0.717) is 19.3 Å². The number of esters is 3. The van der Waals surface area contributed by atoms with E-state index in [0.717, 1.165) is 77.0 Å². The highest BCUT2D eigenvalue weighted by molar-refractivity contribution is 5.71. The first-order chi connectivity index (χ1) is 39.0. The molecule has 0 aromatic heterocycles. The van der Waals surface area contributed by atoms with Crippen molar-refractivity contribution in [1.82, 2.24) is 0 Å². The van der Waals surface area contributed by atoms with Crippen molar-refractivity contribution in [2.45, 2.75) is 399 Å². The molecular weight excluding hydrogens is 973 g/mol. The van der Waals surface area contributed by atoms with E-state index in [1.54, 1.807) is 0 Å². The standard InChI is InChI=1S/C73H136O6/c1-4-7-10-13-16-19-22-25-28-29-30-31-32-33-34-35-36-37-38-39-40-41-42-43-46-48-51-54-57-60-63-66-72(75)78-69-70(79-73(76)67-64-61-58-55-52-49-45-27-24-21-18-15-12-9-6-3)68-77-71(74)65-62-59-56-53-50-47-44-26-23-20-17-14-11-8-5-2/h26-27,43-46,70H,4-25,28-42,47-69H2,1-3H3. The van der Waals surface area contributed by atoms with Crippen LogP contribution in [0, 0.1) is 0 Å². The van der Waals surface area contributed by atoms with E-state index in [2.05, 4.69) is 57.2 Å². The number of rotatable bonds is 66. The Morgan fingerprint density at radius 1 is 0.241 bits per heavy atom. The molecule has 0 bridgehead atoms. The molecule has 0 aliphatic heterocycles. The minimum Gasteiger partial charge on any atom is -0.462 e. The smallest absolute Gasteiger partial charge is 0.306 e. The zero-order valence-corrected chi connectivity index (χ0v) is 53.4. The summed E-state index contributed by atoms with van der Waals surface area (Å²) in [5.41, 5.74) is 0. The van der Waals surface area contributed by atoms with Crippen LogP contribution in [-0.4, -0.2) is 37.2 Å². The van der Waals surface area contributed by atoms with E-state index in [9.17, 15) is 14.4 Å². The molecule has 0 aliphatic rings. The Bertz CT molecular complexity index is 1320. The van der Waals surface area contributed by atoms with E-state index in [4.69, 9.17) is 14.2 Å². The maximum absolute atomic E-state index is 12.9. The van der Waals surface area contributed by atoms with Gasteiger partial charge in [-0.15, -0.1) is 0 Å². The molecule has 0 spiro atoms. The van der Waals surface area contributed by atoms with Crippen molar-refractivity contribution < 1.29 is 28.6 Å². The predicted molar refractivity (Wildman–Crippen MR) is 344 cm³/mol. The van der Waals surface area contributed by atoms with Crippen molar-refractivity contribution in [2.24, 2.45) is 0 Å². The number of carbonyl (C=O) groups is 3. The van der Waals surface area contributed by atoms with Gasteiger partial charge in [0.25, 0.3) is 0 Å². The fourth-order valence-electron chi connectivity index (χ4n) is 10.7. The third-order valence-corrected chi connectivity index (χ3v) is 16.1. The molecule has 6 nitrogen and oxygen atoms in total. The number of allylic oxidation sites excluding steroid dienone is 6. The van der Waals surface area contributed by atoms with Crippen LogP contribution in [0.15, 0.2) is 36.5 Å². The van der Waals surface area contributed by atoms with E-state index in [1.165, 1.54) is 276 Å². The summed E-state index contributed by atoms with van der Waals surface area (Å²) in [5, 5.41) is 0. The minimum absolute atomic E-state index is 0.0798. The highest BCUT2D eigenvalue weighted by atomic mass is 16.6. The molecule has 1 unspecified atom stereocenters. The topological polar surface area (TPSA) is 78.9 Å². The molecule has 1 atom stereocenters. The first kappa shape index (κ1) is 76.6. The van der Waals surface area contributed by atoms with Gasteiger partial charge in [-0.2, -0.15) is 0 Å². The van der Waals surface area contributed by atoms with Crippen LogP contribution in [0.1, 0.15) is 393 Å². The van der Waals surface area contributed by atoms with Crippen LogP contribution < -0.4 is 0 Å². The van der Waals surface area contributed by atoms with Gasteiger partial charge in [0.15, 0.2) is 6.10 Å². The molecule has 79 heavy (non-hydrogen) atoms. The maximum atomic E-state index is 12.9. The zero-order valence-electron chi connectivity index (χ0n) is 53.4. The highest BCUT2D eigenvalue weighted by Gasteiger charge is 2.19. The predicted octanol–water partition coefficient (Wildman–Crippen LogP) is 24.3. The van der Waals surface area contributed by atoms with Crippen molar-refractivity contribution in [1.29, 1.82) is 0 Å². The first-order valence-electron chi connectivity index (χ1n) is 35.5. The van der Waals surface area contributed by atoms with Crippen molar-refractivity contribution in [3.63, 3.8) is 0 Å². The van der Waals surface area contributed by atoms with Gasteiger partial charge >= 0.3 is 17.9 Å². The third kappa shape index (κ3) is 66.3. The molecule has 0 saturated carbocycles. The number of ether oxygens (including phenoxy) is 3. The van der Waals surface area contributed by atoms with Gasteiger partial charge in [0.2, 0.25) is 0 Å². The lowest BCUT2D eigenvalue weighted by Gasteiger charge is -2.18. The molecular formula is C73H136O6. The number of hydrogen-bond donors (Lipinski definition) is 0. The van der Waals surface area contributed by atoms with E-state index in [-0.39, 0.29) is 31.1 Å². The molecule has 464 valence electrons. The molecule has 6 heteroatoms. The summed E-state index contributed by atoms with van der Waals surface area (Å²) >= 11 is 0. The van der Waals surface area contributed by atoms with Crippen LogP contribution in [0.25, 0.3) is 0 Å². The Kier molecular flexibility index (Phi) is 66.1. The second-order valence-electron chi connectivity index (χ2n) is 24.1. The lowest BCUT2D eigenvalue weighted by atomic mass is 10.0. The van der Waals surface area contributed by atoms with E-state index in [1.807, 2.05) is 0 Å². The molecule has 0 fully saturated rings. The Morgan fingerprint density at radius 2 is 0.418 bits per heavy atom. The summed E-state index contributed by atoms with van der Waals surface area (Å²) in [6, 6.07) is 0. The SMILES string of the molecule is CCCCCCCCC=CCCCCCCCC(=O)OCC(COC(=O)CCCCCCCC=CCCCCCCCCCCCCCCCCCCCCCCCC)OC(=O)CCCCCCCC=CCCCCCCCC. The molecule has 0 heterocycles. The average Bonchev–Trinajstić information content (AvgIpc) is 3.45. The summed E-state index contributed by atoms with van der Waals surface area (Å²) in [6.07, 6.45) is 84.8. The molecule has 0 radical (unpaired) electrons. The zero-order chi connectivity index (χ0) is 57.1. The average molecular weight is 1110 g/mol. The van der Waals surface area contributed by atoms with Gasteiger partial charge in [0, 0.05) is 19.3 Å². The van der Waals surface area contributed by atoms with E-state index < -0.39 is 6.10 Å². The second kappa shape index (κ2) is 68.1. The quantitative estimate of drug-likeness (QED) is 0.0261.